The van der Waals surface area contributed by atoms with E-state index in [1.807, 2.05) is 0 Å². The van der Waals surface area contributed by atoms with Crippen molar-refractivity contribution in [1.82, 2.24) is 4.98 Å². The topological polar surface area (TPSA) is 61.6 Å². The first-order valence-electron chi connectivity index (χ1n) is 6.84. The van der Waals surface area contributed by atoms with Crippen LogP contribution in [0.3, 0.4) is 0 Å². The van der Waals surface area contributed by atoms with Crippen molar-refractivity contribution in [1.29, 1.82) is 0 Å². The molecule has 0 bridgehead atoms. The van der Waals surface area contributed by atoms with Crippen molar-refractivity contribution >= 4 is 14.3 Å². The van der Waals surface area contributed by atoms with Crippen LogP contribution in [0.4, 0.5) is 0 Å². The Hall–Kier alpha value is -1.14. The van der Waals surface area contributed by atoms with Crippen LogP contribution < -0.4 is 0 Å². The predicted octanol–water partition coefficient (Wildman–Crippen LogP) is 3.42. The number of aromatic nitrogens is 1. The van der Waals surface area contributed by atoms with Gasteiger partial charge in [0, 0.05) is 13.0 Å². The molecule has 0 aliphatic carbocycles. The summed E-state index contributed by atoms with van der Waals surface area (Å²) in [6.07, 6.45) is 2.81. The summed E-state index contributed by atoms with van der Waals surface area (Å²) in [6.45, 7) is 11.8. The summed E-state index contributed by atoms with van der Waals surface area (Å²) in [7, 11) is -0.364. The summed E-state index contributed by atoms with van der Waals surface area (Å²) in [5.41, 5.74) is 0.216. The van der Waals surface area contributed by atoms with Gasteiger partial charge in [0.25, 0.3) is 0 Å². The highest BCUT2D eigenvalue weighted by atomic mass is 28.4. The van der Waals surface area contributed by atoms with E-state index in [-0.39, 0.29) is 10.7 Å². The van der Waals surface area contributed by atoms with Gasteiger partial charge < -0.3 is 13.6 Å². The van der Waals surface area contributed by atoms with E-state index in [9.17, 15) is 4.79 Å². The third-order valence-electron chi connectivity index (χ3n) is 3.75. The number of aryl methyl sites for hydroxylation is 1. The molecule has 1 heterocycles. The number of methoxy groups -OCH3 is 1. The van der Waals surface area contributed by atoms with Crippen molar-refractivity contribution in [2.75, 3.05) is 13.7 Å². The Labute approximate surface area is 121 Å². The minimum absolute atomic E-state index is 0.216. The molecule has 6 heteroatoms. The Balaban J connectivity index is 2.38. The normalized spacial score (nSPS) is 12.5. The van der Waals surface area contributed by atoms with Crippen LogP contribution in [-0.2, 0) is 15.6 Å². The van der Waals surface area contributed by atoms with Gasteiger partial charge in [-0.15, -0.1) is 0 Å². The van der Waals surface area contributed by atoms with Crippen molar-refractivity contribution in [3.63, 3.8) is 0 Å². The number of hydrogen-bond acceptors (Lipinski definition) is 5. The van der Waals surface area contributed by atoms with Gasteiger partial charge in [-0.3, -0.25) is 0 Å². The monoisotopic (exact) mass is 299 g/mol. The van der Waals surface area contributed by atoms with E-state index in [4.69, 9.17) is 8.84 Å². The number of rotatable bonds is 6. The molecular formula is C14H25NO4Si. The van der Waals surface area contributed by atoms with Gasteiger partial charge in [-0.1, -0.05) is 20.8 Å². The average molecular weight is 299 g/mol. The third kappa shape index (κ3) is 4.45. The van der Waals surface area contributed by atoms with Crippen molar-refractivity contribution in [2.24, 2.45) is 0 Å². The van der Waals surface area contributed by atoms with E-state index >= 15 is 0 Å². The molecule has 0 N–H and O–H groups in total. The summed E-state index contributed by atoms with van der Waals surface area (Å²) < 4.78 is 15.9. The van der Waals surface area contributed by atoms with Crippen molar-refractivity contribution in [2.45, 2.75) is 51.7 Å². The van der Waals surface area contributed by atoms with Crippen LogP contribution >= 0.6 is 0 Å². The van der Waals surface area contributed by atoms with Crippen molar-refractivity contribution in [3.8, 4) is 0 Å². The van der Waals surface area contributed by atoms with Gasteiger partial charge >= 0.3 is 5.97 Å². The molecule has 1 rings (SSSR count). The predicted molar refractivity (Wildman–Crippen MR) is 79.3 cm³/mol. The maximum atomic E-state index is 11.2. The number of esters is 1. The highest BCUT2D eigenvalue weighted by Gasteiger charge is 2.36. The fourth-order valence-corrected chi connectivity index (χ4v) is 2.48. The molecule has 0 aromatic carbocycles. The molecule has 0 radical (unpaired) electrons. The van der Waals surface area contributed by atoms with Crippen LogP contribution in [0.5, 0.6) is 0 Å². The molecular weight excluding hydrogens is 274 g/mol. The van der Waals surface area contributed by atoms with Crippen LogP contribution in [0, 0.1) is 0 Å². The first kappa shape index (κ1) is 16.9. The molecule has 20 heavy (non-hydrogen) atoms. The van der Waals surface area contributed by atoms with Crippen LogP contribution in [-0.4, -0.2) is 33.0 Å². The largest absolute Gasteiger partial charge is 0.464 e. The highest BCUT2D eigenvalue weighted by Crippen LogP contribution is 2.36. The lowest BCUT2D eigenvalue weighted by molar-refractivity contribution is 0.0594. The van der Waals surface area contributed by atoms with E-state index < -0.39 is 14.3 Å². The lowest BCUT2D eigenvalue weighted by Gasteiger charge is -2.36. The van der Waals surface area contributed by atoms with Gasteiger partial charge in [0.15, 0.2) is 19.9 Å². The zero-order valence-corrected chi connectivity index (χ0v) is 14.3. The number of nitrogens with zero attached hydrogens (tertiary/aromatic N) is 1. The van der Waals surface area contributed by atoms with Crippen LogP contribution in [0.2, 0.25) is 18.1 Å². The van der Waals surface area contributed by atoms with E-state index in [0.29, 0.717) is 18.9 Å². The minimum Gasteiger partial charge on any atom is -0.464 e. The Morgan fingerprint density at radius 1 is 1.40 bits per heavy atom. The molecule has 0 saturated carbocycles. The summed E-state index contributed by atoms with van der Waals surface area (Å²) in [5.74, 6) is 0.0711. The maximum absolute atomic E-state index is 11.2. The molecule has 0 aliphatic rings. The molecule has 0 spiro atoms. The number of oxazole rings is 1. The second-order valence-electron chi connectivity index (χ2n) is 6.33. The van der Waals surface area contributed by atoms with Gasteiger partial charge in [0.1, 0.15) is 6.26 Å². The number of ether oxygens (including phenoxy) is 1. The number of carbonyl (C=O) groups is 1. The molecule has 0 saturated heterocycles. The lowest BCUT2D eigenvalue weighted by Crippen LogP contribution is -2.41. The second-order valence-corrected chi connectivity index (χ2v) is 11.1. The van der Waals surface area contributed by atoms with E-state index in [1.165, 1.54) is 13.4 Å². The van der Waals surface area contributed by atoms with Gasteiger partial charge in [-0.25, -0.2) is 9.78 Å². The Morgan fingerprint density at radius 2 is 2.05 bits per heavy atom. The third-order valence-corrected chi connectivity index (χ3v) is 8.29. The quantitative estimate of drug-likeness (QED) is 0.457. The summed E-state index contributed by atoms with van der Waals surface area (Å²) in [5, 5.41) is 0.216. The van der Waals surface area contributed by atoms with E-state index in [1.54, 1.807) is 0 Å². The number of carbonyl (C=O) groups excluding carboxylic acids is 1. The lowest BCUT2D eigenvalue weighted by atomic mass is 10.2. The minimum atomic E-state index is -1.69. The van der Waals surface area contributed by atoms with E-state index in [0.717, 1.165) is 6.42 Å². The first-order valence-corrected chi connectivity index (χ1v) is 9.75. The van der Waals surface area contributed by atoms with Crippen molar-refractivity contribution in [3.05, 3.63) is 17.8 Å². The summed E-state index contributed by atoms with van der Waals surface area (Å²) in [6, 6.07) is 0. The SMILES string of the molecule is COC(=O)c1coc(CCCO[Si](C)(C)C(C)(C)C)n1. The smallest absolute Gasteiger partial charge is 0.360 e. The second kappa shape index (κ2) is 6.54. The summed E-state index contributed by atoms with van der Waals surface area (Å²) in [4.78, 5) is 15.3. The van der Waals surface area contributed by atoms with Crippen LogP contribution in [0.25, 0.3) is 0 Å². The zero-order valence-electron chi connectivity index (χ0n) is 13.3. The van der Waals surface area contributed by atoms with Gasteiger partial charge in [-0.05, 0) is 24.6 Å². The highest BCUT2D eigenvalue weighted by molar-refractivity contribution is 6.74. The fraction of sp³-hybridized carbons (Fsp3) is 0.714. The molecule has 5 nitrogen and oxygen atoms in total. The van der Waals surface area contributed by atoms with Gasteiger partial charge in [0.05, 0.1) is 7.11 Å². The standard InChI is InChI=1S/C14H25NO4Si/c1-14(2,3)20(5,6)19-9-7-8-12-15-11(10-18-12)13(16)17-4/h10H,7-9H2,1-6H3. The molecule has 1 aromatic rings. The first-order chi connectivity index (χ1) is 9.17. The molecule has 1 aromatic heterocycles. The molecule has 0 atom stereocenters. The Kier molecular flexibility index (Phi) is 5.53. The van der Waals surface area contributed by atoms with E-state index in [2.05, 4.69) is 43.6 Å². The fourth-order valence-electron chi connectivity index (χ4n) is 1.39. The van der Waals surface area contributed by atoms with Crippen molar-refractivity contribution < 1.29 is 18.4 Å². The number of hydrogen-bond donors (Lipinski definition) is 0. The summed E-state index contributed by atoms with van der Waals surface area (Å²) >= 11 is 0. The zero-order chi connectivity index (χ0) is 15.4. The van der Waals surface area contributed by atoms with Crippen LogP contribution in [0.15, 0.2) is 10.7 Å². The molecule has 0 aliphatic heterocycles. The Bertz CT molecular complexity index is 448. The Morgan fingerprint density at radius 3 is 2.60 bits per heavy atom. The van der Waals surface area contributed by atoms with Gasteiger partial charge in [-0.2, -0.15) is 0 Å². The molecule has 0 amide bonds. The van der Waals surface area contributed by atoms with Crippen LogP contribution in [0.1, 0.15) is 43.6 Å². The maximum Gasteiger partial charge on any atom is 0.360 e. The molecule has 0 unspecified atom stereocenters. The average Bonchev–Trinajstić information content (AvgIpc) is 2.81. The molecule has 114 valence electrons. The molecule has 0 fully saturated rings. The van der Waals surface area contributed by atoms with Gasteiger partial charge in [0.2, 0.25) is 0 Å².